The van der Waals surface area contributed by atoms with Crippen molar-refractivity contribution in [2.75, 3.05) is 0 Å². The summed E-state index contributed by atoms with van der Waals surface area (Å²) in [5.74, 6) is 0. The number of aliphatic hydroxyl groups excluding tert-OH is 1. The largest absolute Gasteiger partial charge is 0.389 e. The van der Waals surface area contributed by atoms with Crippen LogP contribution in [0.1, 0.15) is 40.8 Å². The zero-order valence-corrected chi connectivity index (χ0v) is 9.10. The van der Waals surface area contributed by atoms with Crippen molar-refractivity contribution in [3.8, 4) is 0 Å². The zero-order chi connectivity index (χ0) is 10.2. The van der Waals surface area contributed by atoms with Gasteiger partial charge < -0.3 is 5.11 Å². The van der Waals surface area contributed by atoms with E-state index in [1.54, 1.807) is 0 Å². The standard InChI is InChI=1S/C12H18O/c1-7-6-12(11(5)13)10(4)9(3)8(7)2/h6,11,13H,1-5H3. The molecule has 13 heavy (non-hydrogen) atoms. The van der Waals surface area contributed by atoms with E-state index in [1.807, 2.05) is 6.92 Å². The molecule has 1 nitrogen and oxygen atoms in total. The van der Waals surface area contributed by atoms with Crippen LogP contribution in [0.2, 0.25) is 0 Å². The maximum absolute atomic E-state index is 9.54. The molecule has 1 N–H and O–H groups in total. The predicted molar refractivity (Wildman–Crippen MR) is 56.0 cm³/mol. The molecule has 0 saturated carbocycles. The summed E-state index contributed by atoms with van der Waals surface area (Å²) >= 11 is 0. The molecule has 0 amide bonds. The first-order chi connectivity index (χ1) is 5.95. The lowest BCUT2D eigenvalue weighted by molar-refractivity contribution is 0.198. The minimum absolute atomic E-state index is 0.363. The maximum Gasteiger partial charge on any atom is 0.0764 e. The number of benzene rings is 1. The Labute approximate surface area is 80.4 Å². The number of hydrogen-bond acceptors (Lipinski definition) is 1. The van der Waals surface area contributed by atoms with Crippen molar-refractivity contribution in [3.63, 3.8) is 0 Å². The highest BCUT2D eigenvalue weighted by Crippen LogP contribution is 2.25. The molecular weight excluding hydrogens is 160 g/mol. The van der Waals surface area contributed by atoms with E-state index in [9.17, 15) is 5.11 Å². The van der Waals surface area contributed by atoms with Gasteiger partial charge in [-0.1, -0.05) is 6.07 Å². The molecule has 0 aromatic heterocycles. The van der Waals surface area contributed by atoms with Crippen LogP contribution in [0, 0.1) is 27.7 Å². The first-order valence-corrected chi connectivity index (χ1v) is 4.70. The minimum Gasteiger partial charge on any atom is -0.389 e. The molecule has 1 aromatic carbocycles. The van der Waals surface area contributed by atoms with Gasteiger partial charge in [-0.15, -0.1) is 0 Å². The minimum atomic E-state index is -0.363. The summed E-state index contributed by atoms with van der Waals surface area (Å²) in [7, 11) is 0. The Balaban J connectivity index is 3.41. The Morgan fingerprint density at radius 3 is 2.00 bits per heavy atom. The van der Waals surface area contributed by atoms with E-state index in [0.29, 0.717) is 0 Å². The van der Waals surface area contributed by atoms with Crippen LogP contribution in [0.3, 0.4) is 0 Å². The van der Waals surface area contributed by atoms with Gasteiger partial charge in [0.2, 0.25) is 0 Å². The molecule has 0 saturated heterocycles. The lowest BCUT2D eigenvalue weighted by atomic mass is 9.92. The highest BCUT2D eigenvalue weighted by Gasteiger charge is 2.10. The topological polar surface area (TPSA) is 20.2 Å². The molecule has 72 valence electrons. The fourth-order valence-corrected chi connectivity index (χ4v) is 1.68. The van der Waals surface area contributed by atoms with Crippen molar-refractivity contribution < 1.29 is 5.11 Å². The maximum atomic E-state index is 9.54. The highest BCUT2D eigenvalue weighted by atomic mass is 16.3. The van der Waals surface area contributed by atoms with Crippen molar-refractivity contribution >= 4 is 0 Å². The summed E-state index contributed by atoms with van der Waals surface area (Å²) in [4.78, 5) is 0. The summed E-state index contributed by atoms with van der Waals surface area (Å²) in [6.45, 7) is 10.2. The molecular formula is C12H18O. The lowest BCUT2D eigenvalue weighted by Gasteiger charge is -2.15. The molecule has 1 heteroatoms. The van der Waals surface area contributed by atoms with Crippen LogP contribution < -0.4 is 0 Å². The molecule has 0 aliphatic rings. The summed E-state index contributed by atoms with van der Waals surface area (Å²) in [5.41, 5.74) is 6.18. The van der Waals surface area contributed by atoms with E-state index < -0.39 is 0 Å². The third-order valence-electron chi connectivity index (χ3n) is 2.97. The van der Waals surface area contributed by atoms with Crippen LogP contribution in [-0.2, 0) is 0 Å². The second kappa shape index (κ2) is 3.51. The summed E-state index contributed by atoms with van der Waals surface area (Å²) in [6.07, 6.45) is -0.363. The van der Waals surface area contributed by atoms with Crippen LogP contribution in [0.15, 0.2) is 6.07 Å². The monoisotopic (exact) mass is 178 g/mol. The van der Waals surface area contributed by atoms with Gasteiger partial charge in [-0.2, -0.15) is 0 Å². The van der Waals surface area contributed by atoms with Gasteiger partial charge >= 0.3 is 0 Å². The number of rotatable bonds is 1. The lowest BCUT2D eigenvalue weighted by Crippen LogP contribution is -2.00. The Hall–Kier alpha value is -0.820. The van der Waals surface area contributed by atoms with Gasteiger partial charge in [-0.25, -0.2) is 0 Å². The van der Waals surface area contributed by atoms with Gasteiger partial charge in [0.05, 0.1) is 6.10 Å². The Bertz CT molecular complexity index is 324. The molecule has 0 aliphatic carbocycles. The second-order valence-electron chi connectivity index (χ2n) is 3.83. The average molecular weight is 178 g/mol. The van der Waals surface area contributed by atoms with Crippen LogP contribution >= 0.6 is 0 Å². The van der Waals surface area contributed by atoms with Crippen molar-refractivity contribution in [2.24, 2.45) is 0 Å². The van der Waals surface area contributed by atoms with Crippen molar-refractivity contribution in [3.05, 3.63) is 33.9 Å². The zero-order valence-electron chi connectivity index (χ0n) is 9.10. The molecule has 1 atom stereocenters. The summed E-state index contributed by atoms with van der Waals surface area (Å²) < 4.78 is 0. The molecule has 0 aliphatic heterocycles. The Morgan fingerprint density at radius 1 is 1.00 bits per heavy atom. The highest BCUT2D eigenvalue weighted by molar-refractivity contribution is 5.44. The third kappa shape index (κ3) is 1.75. The summed E-state index contributed by atoms with van der Waals surface area (Å²) in [5, 5.41) is 9.54. The van der Waals surface area contributed by atoms with E-state index in [1.165, 1.54) is 22.3 Å². The van der Waals surface area contributed by atoms with Crippen LogP contribution in [0.25, 0.3) is 0 Å². The molecule has 0 fully saturated rings. The van der Waals surface area contributed by atoms with Crippen LogP contribution in [0.5, 0.6) is 0 Å². The normalized spacial score (nSPS) is 13.1. The Morgan fingerprint density at radius 2 is 1.54 bits per heavy atom. The first-order valence-electron chi connectivity index (χ1n) is 4.70. The van der Waals surface area contributed by atoms with E-state index >= 15 is 0 Å². The van der Waals surface area contributed by atoms with Crippen LogP contribution in [-0.4, -0.2) is 5.11 Å². The molecule has 1 aromatic rings. The molecule has 0 heterocycles. The molecule has 0 spiro atoms. The van der Waals surface area contributed by atoms with Gasteiger partial charge in [0.1, 0.15) is 0 Å². The fraction of sp³-hybridized carbons (Fsp3) is 0.500. The van der Waals surface area contributed by atoms with Crippen molar-refractivity contribution in [2.45, 2.75) is 40.7 Å². The molecule has 0 radical (unpaired) electrons. The quantitative estimate of drug-likeness (QED) is 0.701. The number of hydrogen-bond donors (Lipinski definition) is 1. The van der Waals surface area contributed by atoms with Gasteiger partial charge in [0.15, 0.2) is 0 Å². The predicted octanol–water partition coefficient (Wildman–Crippen LogP) is 2.97. The Kier molecular flexibility index (Phi) is 2.77. The van der Waals surface area contributed by atoms with E-state index in [2.05, 4.69) is 33.8 Å². The smallest absolute Gasteiger partial charge is 0.0764 e. The second-order valence-corrected chi connectivity index (χ2v) is 3.83. The number of aliphatic hydroxyl groups is 1. The molecule has 1 rings (SSSR count). The van der Waals surface area contributed by atoms with E-state index in [0.717, 1.165) is 5.56 Å². The average Bonchev–Trinajstić information content (AvgIpc) is 2.07. The summed E-state index contributed by atoms with van der Waals surface area (Å²) in [6, 6.07) is 2.09. The van der Waals surface area contributed by atoms with Gasteiger partial charge in [0, 0.05) is 0 Å². The van der Waals surface area contributed by atoms with Crippen LogP contribution in [0.4, 0.5) is 0 Å². The van der Waals surface area contributed by atoms with E-state index in [-0.39, 0.29) is 6.10 Å². The van der Waals surface area contributed by atoms with Crippen molar-refractivity contribution in [1.82, 2.24) is 0 Å². The first kappa shape index (κ1) is 10.3. The third-order valence-corrected chi connectivity index (χ3v) is 2.97. The van der Waals surface area contributed by atoms with Gasteiger partial charge in [-0.3, -0.25) is 0 Å². The van der Waals surface area contributed by atoms with Gasteiger partial charge in [0.25, 0.3) is 0 Å². The van der Waals surface area contributed by atoms with E-state index in [4.69, 9.17) is 0 Å². The van der Waals surface area contributed by atoms with Gasteiger partial charge in [-0.05, 0) is 62.4 Å². The molecule has 1 unspecified atom stereocenters. The molecule has 0 bridgehead atoms. The van der Waals surface area contributed by atoms with Crippen molar-refractivity contribution in [1.29, 1.82) is 0 Å². The SMILES string of the molecule is Cc1cc(C(C)O)c(C)c(C)c1C. The number of aryl methyl sites for hydroxylation is 1. The fourth-order valence-electron chi connectivity index (χ4n) is 1.68.